The van der Waals surface area contributed by atoms with Crippen LogP contribution in [-0.2, 0) is 4.74 Å². The Balaban J connectivity index is 1.79. The van der Waals surface area contributed by atoms with E-state index >= 15 is 0 Å². The van der Waals surface area contributed by atoms with Crippen LogP contribution < -0.4 is 11.1 Å². The van der Waals surface area contributed by atoms with Gasteiger partial charge in [-0.3, -0.25) is 4.79 Å². The second-order valence-corrected chi connectivity index (χ2v) is 8.32. The first-order chi connectivity index (χ1) is 11.7. The third-order valence-corrected chi connectivity index (χ3v) is 6.39. The molecule has 1 aliphatic heterocycles. The molecule has 2 aromatic rings. The average molecular weight is 383 g/mol. The zero-order valence-corrected chi connectivity index (χ0v) is 15.6. The Bertz CT molecular complexity index is 721. The Labute approximate surface area is 152 Å². The van der Waals surface area contributed by atoms with E-state index in [0.717, 1.165) is 41.1 Å². The number of nitrogens with zero attached hydrogens (tertiary/aromatic N) is 2. The predicted octanol–water partition coefficient (Wildman–Crippen LogP) is 3.12. The molecule has 1 fully saturated rings. The predicted molar refractivity (Wildman–Crippen MR) is 100 cm³/mol. The van der Waals surface area contributed by atoms with Crippen LogP contribution in [0.4, 0.5) is 5.00 Å². The smallest absolute Gasteiger partial charge is 0.285 e. The van der Waals surface area contributed by atoms with Crippen LogP contribution in [0.25, 0.3) is 5.70 Å². The van der Waals surface area contributed by atoms with Gasteiger partial charge >= 0.3 is 0 Å². The van der Waals surface area contributed by atoms with Crippen LogP contribution in [0.15, 0.2) is 27.9 Å². The number of ether oxygens (including phenoxy) is 1. The average Bonchev–Trinajstić information content (AvgIpc) is 3.25. The molecule has 24 heavy (non-hydrogen) atoms. The summed E-state index contributed by atoms with van der Waals surface area (Å²) in [5.74, 6) is -0.208. The van der Waals surface area contributed by atoms with Crippen molar-refractivity contribution in [3.8, 4) is 0 Å². The summed E-state index contributed by atoms with van der Waals surface area (Å²) in [4.78, 5) is 16.3. The van der Waals surface area contributed by atoms with Gasteiger partial charge in [-0.1, -0.05) is 6.08 Å². The van der Waals surface area contributed by atoms with E-state index in [4.69, 9.17) is 10.5 Å². The highest BCUT2D eigenvalue weighted by Gasteiger charge is 2.19. The van der Waals surface area contributed by atoms with Gasteiger partial charge in [0, 0.05) is 35.9 Å². The zero-order valence-electron chi connectivity index (χ0n) is 13.2. The van der Waals surface area contributed by atoms with Gasteiger partial charge in [-0.25, -0.2) is 9.29 Å². The second-order valence-electron chi connectivity index (χ2n) is 4.98. The Morgan fingerprint density at radius 2 is 2.29 bits per heavy atom. The van der Waals surface area contributed by atoms with Crippen LogP contribution in [0.1, 0.15) is 22.3 Å². The lowest BCUT2D eigenvalue weighted by atomic mass is 10.2. The number of nitrogens with one attached hydrogen (secondary N) is 1. The molecule has 1 saturated heterocycles. The summed E-state index contributed by atoms with van der Waals surface area (Å²) in [6, 6.07) is 2.03. The van der Waals surface area contributed by atoms with E-state index in [9.17, 15) is 4.79 Å². The van der Waals surface area contributed by atoms with Crippen LogP contribution in [0, 0.1) is 0 Å². The number of rotatable bonds is 5. The van der Waals surface area contributed by atoms with Crippen LogP contribution in [0.5, 0.6) is 0 Å². The molecule has 9 heteroatoms. The van der Waals surface area contributed by atoms with Gasteiger partial charge in [0.15, 0.2) is 5.01 Å². The summed E-state index contributed by atoms with van der Waals surface area (Å²) < 4.78 is 8.72. The molecule has 2 aromatic heterocycles. The number of aromatic nitrogens is 1. The molecule has 3 N–H and O–H groups in total. The van der Waals surface area contributed by atoms with Crippen molar-refractivity contribution >= 4 is 51.2 Å². The molecule has 0 aromatic carbocycles. The summed E-state index contributed by atoms with van der Waals surface area (Å²) >= 11 is 4.52. The van der Waals surface area contributed by atoms with E-state index in [2.05, 4.69) is 14.6 Å². The fourth-order valence-corrected chi connectivity index (χ4v) is 4.94. The van der Waals surface area contributed by atoms with Gasteiger partial charge in [-0.15, -0.1) is 22.7 Å². The highest BCUT2D eigenvalue weighted by Crippen LogP contribution is 2.39. The molecule has 6 nitrogen and oxygen atoms in total. The number of hydrogen-bond donors (Lipinski definition) is 2. The van der Waals surface area contributed by atoms with Crippen molar-refractivity contribution in [2.45, 2.75) is 11.1 Å². The van der Waals surface area contributed by atoms with Gasteiger partial charge in [-0.2, -0.15) is 0 Å². The topological polar surface area (TPSA) is 80.5 Å². The Morgan fingerprint density at radius 3 is 2.96 bits per heavy atom. The highest BCUT2D eigenvalue weighted by atomic mass is 32.2. The maximum atomic E-state index is 12.3. The van der Waals surface area contributed by atoms with Crippen molar-refractivity contribution in [3.63, 3.8) is 0 Å². The molecular weight excluding hydrogens is 364 g/mol. The summed E-state index contributed by atoms with van der Waals surface area (Å²) in [5, 5.41) is 5.91. The van der Waals surface area contributed by atoms with Gasteiger partial charge in [0.2, 0.25) is 0 Å². The molecule has 128 valence electrons. The van der Waals surface area contributed by atoms with Crippen molar-refractivity contribution in [1.29, 1.82) is 0 Å². The van der Waals surface area contributed by atoms with Gasteiger partial charge in [-0.05, 0) is 24.9 Å². The molecule has 0 radical (unpaired) electrons. The van der Waals surface area contributed by atoms with Crippen LogP contribution in [0.3, 0.4) is 0 Å². The first kappa shape index (κ1) is 17.4. The summed E-state index contributed by atoms with van der Waals surface area (Å²) in [6.45, 7) is 5.15. The monoisotopic (exact) mass is 382 g/mol. The highest BCUT2D eigenvalue weighted by molar-refractivity contribution is 7.99. The van der Waals surface area contributed by atoms with Gasteiger partial charge in [0.1, 0.15) is 5.00 Å². The van der Waals surface area contributed by atoms with Gasteiger partial charge in [0.05, 0.1) is 17.4 Å². The molecule has 0 bridgehead atoms. The first-order valence-electron chi connectivity index (χ1n) is 7.45. The maximum absolute atomic E-state index is 12.3. The van der Waals surface area contributed by atoms with E-state index in [1.807, 2.05) is 19.1 Å². The lowest BCUT2D eigenvalue weighted by molar-refractivity contribution is 0.0774. The number of hydrogen-bond acceptors (Lipinski definition) is 8. The van der Waals surface area contributed by atoms with Crippen molar-refractivity contribution in [2.75, 3.05) is 31.6 Å². The number of amides is 1. The van der Waals surface area contributed by atoms with Crippen LogP contribution in [0.2, 0.25) is 0 Å². The molecule has 1 aliphatic rings. The molecule has 0 unspecified atom stereocenters. The number of anilines is 1. The summed E-state index contributed by atoms with van der Waals surface area (Å²) in [6.07, 6.45) is 3.46. The van der Waals surface area contributed by atoms with Crippen molar-refractivity contribution in [2.24, 2.45) is 5.73 Å². The van der Waals surface area contributed by atoms with E-state index in [0.29, 0.717) is 10.7 Å². The van der Waals surface area contributed by atoms with Crippen LogP contribution in [-0.4, -0.2) is 41.5 Å². The van der Waals surface area contributed by atoms with Gasteiger partial charge in [0.25, 0.3) is 5.91 Å². The lowest BCUT2D eigenvalue weighted by Crippen LogP contribution is -2.30. The number of allylic oxidation sites excluding steroid dienone is 1. The normalized spacial score (nSPS) is 16.3. The first-order valence-corrected chi connectivity index (χ1v) is 9.92. The third-order valence-electron chi connectivity index (χ3n) is 3.37. The molecule has 0 atom stereocenters. The third kappa shape index (κ3) is 4.17. The number of morpholine rings is 1. The molecule has 0 aliphatic carbocycles. The number of thiophene rings is 1. The molecule has 0 spiro atoms. The van der Waals surface area contributed by atoms with E-state index in [1.54, 1.807) is 23.5 Å². The van der Waals surface area contributed by atoms with E-state index < -0.39 is 0 Å². The minimum atomic E-state index is -0.208. The number of thiazole rings is 1. The molecule has 3 rings (SSSR count). The summed E-state index contributed by atoms with van der Waals surface area (Å²) in [7, 11) is 0. The largest absolute Gasteiger partial charge is 0.398 e. The van der Waals surface area contributed by atoms with Crippen molar-refractivity contribution in [1.82, 2.24) is 9.29 Å². The maximum Gasteiger partial charge on any atom is 0.285 e. The zero-order chi connectivity index (χ0) is 16.9. The molecule has 3 heterocycles. The number of carbonyl (C=O) groups is 1. The number of nitrogens with two attached hydrogens (primary N) is 1. The quantitative estimate of drug-likeness (QED) is 0.774. The fraction of sp³-hybridized carbons (Fsp3) is 0.333. The second kappa shape index (κ2) is 8.13. The Hall–Kier alpha value is -1.39. The van der Waals surface area contributed by atoms with Crippen molar-refractivity contribution in [3.05, 3.63) is 34.3 Å². The van der Waals surface area contributed by atoms with Crippen molar-refractivity contribution < 1.29 is 9.53 Å². The SMILES string of the molecule is C/C=C(/N)c1cc(SN2CCOCC2)sc1NC(=O)c1nccs1. The minimum absolute atomic E-state index is 0.208. The lowest BCUT2D eigenvalue weighted by Gasteiger charge is -2.24. The number of carbonyl (C=O) groups excluding carboxylic acids is 1. The Morgan fingerprint density at radius 1 is 1.50 bits per heavy atom. The van der Waals surface area contributed by atoms with Gasteiger partial charge < -0.3 is 15.8 Å². The standard InChI is InChI=1S/C15H18N4O2S3/c1-2-11(16)10-9-12(24-19-4-6-21-7-5-19)23-14(10)18-13(20)15-17-3-8-22-15/h2-3,8-9H,4-7,16H2,1H3,(H,18,20)/b11-2+. The van der Waals surface area contributed by atoms with E-state index in [1.165, 1.54) is 22.7 Å². The summed E-state index contributed by atoms with van der Waals surface area (Å²) in [5.41, 5.74) is 7.59. The molecule has 0 saturated carbocycles. The van der Waals surface area contributed by atoms with Crippen LogP contribution >= 0.6 is 34.6 Å². The minimum Gasteiger partial charge on any atom is -0.398 e. The fourth-order valence-electron chi connectivity index (χ4n) is 2.13. The molecular formula is C15H18N4O2S3. The van der Waals surface area contributed by atoms with E-state index in [-0.39, 0.29) is 5.91 Å². The molecule has 1 amide bonds. The Kier molecular flexibility index (Phi) is 5.90.